The number of nitrogens with one attached hydrogen (secondary N) is 2. The first-order chi connectivity index (χ1) is 10.5. The lowest BCUT2D eigenvalue weighted by atomic mass is 10.00. The zero-order valence-corrected chi connectivity index (χ0v) is 14.2. The van der Waals surface area contributed by atoms with Crippen LogP contribution in [0.15, 0.2) is 0 Å². The Kier molecular flexibility index (Phi) is 5.81. The second-order valence-corrected chi connectivity index (χ2v) is 6.83. The number of nitrogens with zero attached hydrogens (tertiary/aromatic N) is 2. The lowest BCUT2D eigenvalue weighted by Crippen LogP contribution is -2.59. The predicted octanol–water partition coefficient (Wildman–Crippen LogP) is 0.187. The summed E-state index contributed by atoms with van der Waals surface area (Å²) in [6.07, 6.45) is 4.33. The molecule has 0 aliphatic carbocycles. The molecule has 6 heteroatoms. The van der Waals surface area contributed by atoms with E-state index in [0.29, 0.717) is 6.54 Å². The van der Waals surface area contributed by atoms with Crippen LogP contribution < -0.4 is 10.6 Å². The van der Waals surface area contributed by atoms with Gasteiger partial charge in [-0.3, -0.25) is 14.5 Å². The molecule has 0 unspecified atom stereocenters. The van der Waals surface area contributed by atoms with Crippen LogP contribution in [-0.2, 0) is 9.59 Å². The number of hydrogen-bond donors (Lipinski definition) is 2. The van der Waals surface area contributed by atoms with Crippen LogP contribution in [0.3, 0.4) is 0 Å². The summed E-state index contributed by atoms with van der Waals surface area (Å²) in [5.41, 5.74) is -0.651. The summed E-state index contributed by atoms with van der Waals surface area (Å²) in [6, 6.07) is -0.189. The van der Waals surface area contributed by atoms with E-state index in [2.05, 4.69) is 15.5 Å². The fourth-order valence-electron chi connectivity index (χ4n) is 3.61. The maximum atomic E-state index is 12.5. The van der Waals surface area contributed by atoms with Gasteiger partial charge < -0.3 is 15.5 Å². The minimum absolute atomic E-state index is 0.0377. The molecule has 2 fully saturated rings. The molecule has 22 heavy (non-hydrogen) atoms. The van der Waals surface area contributed by atoms with Crippen molar-refractivity contribution >= 4 is 11.8 Å². The van der Waals surface area contributed by atoms with Crippen LogP contribution in [0.2, 0.25) is 0 Å². The molecule has 0 aromatic carbocycles. The zero-order chi connectivity index (χ0) is 16.2. The molecule has 2 N–H and O–H groups in total. The van der Waals surface area contributed by atoms with E-state index in [-0.39, 0.29) is 17.9 Å². The highest BCUT2D eigenvalue weighted by molar-refractivity contribution is 5.87. The molecule has 0 radical (unpaired) electrons. The smallest absolute Gasteiger partial charge is 0.239 e. The monoisotopic (exact) mass is 310 g/mol. The van der Waals surface area contributed by atoms with Gasteiger partial charge in [0.25, 0.3) is 0 Å². The molecule has 126 valence electrons. The highest BCUT2D eigenvalue weighted by atomic mass is 16.2. The van der Waals surface area contributed by atoms with Crippen molar-refractivity contribution in [2.75, 3.05) is 39.8 Å². The Balaban J connectivity index is 1.86. The molecular weight excluding hydrogens is 280 g/mol. The standard InChI is InChI=1S/C16H30N4O2/c1-16(2,15(22)17-3)20-11-6-7-13(20)14(21)18-8-12-19-9-4-5-10-19/h13H,4-12H2,1-3H3,(H,17,22)(H,18,21)/t13-/m0/s1. The number of likely N-dealkylation sites (N-methyl/N-ethyl adjacent to an activating group) is 1. The highest BCUT2D eigenvalue weighted by Crippen LogP contribution is 2.27. The third-order valence-corrected chi connectivity index (χ3v) is 4.98. The summed E-state index contributed by atoms with van der Waals surface area (Å²) in [5.74, 6) is 0.0259. The Morgan fingerprint density at radius 1 is 1.14 bits per heavy atom. The number of carbonyl (C=O) groups is 2. The van der Waals surface area contributed by atoms with Gasteiger partial charge in [0, 0.05) is 26.7 Å². The summed E-state index contributed by atoms with van der Waals surface area (Å²) in [5, 5.41) is 5.76. The lowest BCUT2D eigenvalue weighted by molar-refractivity contribution is -0.135. The van der Waals surface area contributed by atoms with E-state index in [4.69, 9.17) is 0 Å². The van der Waals surface area contributed by atoms with Crippen molar-refractivity contribution in [3.63, 3.8) is 0 Å². The molecule has 2 amide bonds. The Labute approximate surface area is 133 Å². The van der Waals surface area contributed by atoms with Gasteiger partial charge >= 0.3 is 0 Å². The van der Waals surface area contributed by atoms with Crippen molar-refractivity contribution in [3.05, 3.63) is 0 Å². The summed E-state index contributed by atoms with van der Waals surface area (Å²) < 4.78 is 0. The average molecular weight is 310 g/mol. The maximum Gasteiger partial charge on any atom is 0.239 e. The zero-order valence-electron chi connectivity index (χ0n) is 14.2. The van der Waals surface area contributed by atoms with Crippen molar-refractivity contribution in [1.82, 2.24) is 20.4 Å². The van der Waals surface area contributed by atoms with Crippen LogP contribution in [0.4, 0.5) is 0 Å². The second-order valence-electron chi connectivity index (χ2n) is 6.83. The number of likely N-dealkylation sites (tertiary alicyclic amines) is 2. The number of rotatable bonds is 6. The first-order valence-corrected chi connectivity index (χ1v) is 8.46. The van der Waals surface area contributed by atoms with E-state index in [0.717, 1.165) is 39.0 Å². The van der Waals surface area contributed by atoms with Crippen LogP contribution in [0.5, 0.6) is 0 Å². The molecule has 0 aromatic rings. The number of carbonyl (C=O) groups excluding carboxylic acids is 2. The van der Waals surface area contributed by atoms with Crippen LogP contribution in [0, 0.1) is 0 Å². The number of hydrogen-bond acceptors (Lipinski definition) is 4. The van der Waals surface area contributed by atoms with E-state index in [1.54, 1.807) is 7.05 Å². The molecule has 2 aliphatic rings. The van der Waals surface area contributed by atoms with E-state index in [1.807, 2.05) is 18.7 Å². The van der Waals surface area contributed by atoms with Crippen LogP contribution >= 0.6 is 0 Å². The Hall–Kier alpha value is -1.14. The van der Waals surface area contributed by atoms with Gasteiger partial charge in [-0.15, -0.1) is 0 Å². The van der Waals surface area contributed by atoms with Crippen molar-refractivity contribution < 1.29 is 9.59 Å². The fourth-order valence-corrected chi connectivity index (χ4v) is 3.61. The van der Waals surface area contributed by atoms with Gasteiger partial charge in [-0.25, -0.2) is 0 Å². The van der Waals surface area contributed by atoms with Gasteiger partial charge in [-0.2, -0.15) is 0 Å². The Morgan fingerprint density at radius 3 is 2.45 bits per heavy atom. The van der Waals surface area contributed by atoms with E-state index < -0.39 is 5.54 Å². The average Bonchev–Trinajstić information content (AvgIpc) is 3.17. The highest BCUT2D eigenvalue weighted by Gasteiger charge is 2.43. The first-order valence-electron chi connectivity index (χ1n) is 8.46. The molecule has 2 aliphatic heterocycles. The third kappa shape index (κ3) is 3.79. The van der Waals surface area contributed by atoms with Crippen LogP contribution in [0.25, 0.3) is 0 Å². The number of amides is 2. The van der Waals surface area contributed by atoms with Crippen molar-refractivity contribution in [1.29, 1.82) is 0 Å². The van der Waals surface area contributed by atoms with Crippen molar-refractivity contribution in [2.45, 2.75) is 51.1 Å². The van der Waals surface area contributed by atoms with Gasteiger partial charge in [0.05, 0.1) is 11.6 Å². The predicted molar refractivity (Wildman–Crippen MR) is 86.6 cm³/mol. The largest absolute Gasteiger partial charge is 0.358 e. The molecule has 1 atom stereocenters. The van der Waals surface area contributed by atoms with Crippen LogP contribution in [-0.4, -0.2) is 73.0 Å². The van der Waals surface area contributed by atoms with Gasteiger partial charge in [-0.1, -0.05) is 0 Å². The minimum Gasteiger partial charge on any atom is -0.358 e. The Bertz CT molecular complexity index is 405. The molecular formula is C16H30N4O2. The Morgan fingerprint density at radius 2 is 1.82 bits per heavy atom. The van der Waals surface area contributed by atoms with E-state index in [1.165, 1.54) is 12.8 Å². The molecule has 0 bridgehead atoms. The summed E-state index contributed by atoms with van der Waals surface area (Å²) in [6.45, 7) is 8.50. The molecule has 6 nitrogen and oxygen atoms in total. The second kappa shape index (κ2) is 7.42. The first kappa shape index (κ1) is 17.2. The van der Waals surface area contributed by atoms with Crippen LogP contribution in [0.1, 0.15) is 39.5 Å². The fraction of sp³-hybridized carbons (Fsp3) is 0.875. The van der Waals surface area contributed by atoms with Crippen molar-refractivity contribution in [3.8, 4) is 0 Å². The van der Waals surface area contributed by atoms with Crippen molar-refractivity contribution in [2.24, 2.45) is 0 Å². The summed E-state index contributed by atoms with van der Waals surface area (Å²) in [4.78, 5) is 29.0. The summed E-state index contributed by atoms with van der Waals surface area (Å²) >= 11 is 0. The maximum absolute atomic E-state index is 12.5. The van der Waals surface area contributed by atoms with E-state index >= 15 is 0 Å². The van der Waals surface area contributed by atoms with Gasteiger partial charge in [0.15, 0.2) is 0 Å². The lowest BCUT2D eigenvalue weighted by Gasteiger charge is -2.37. The van der Waals surface area contributed by atoms with Gasteiger partial charge in [0.1, 0.15) is 0 Å². The molecule has 0 saturated carbocycles. The quantitative estimate of drug-likeness (QED) is 0.735. The van der Waals surface area contributed by atoms with E-state index in [9.17, 15) is 9.59 Å². The normalized spacial score (nSPS) is 23.7. The third-order valence-electron chi connectivity index (χ3n) is 4.98. The van der Waals surface area contributed by atoms with Gasteiger partial charge in [0.2, 0.25) is 11.8 Å². The topological polar surface area (TPSA) is 64.7 Å². The molecule has 2 saturated heterocycles. The molecule has 2 rings (SSSR count). The summed E-state index contributed by atoms with van der Waals surface area (Å²) in [7, 11) is 1.64. The minimum atomic E-state index is -0.651. The molecule has 0 spiro atoms. The molecule has 2 heterocycles. The van der Waals surface area contributed by atoms with Gasteiger partial charge in [-0.05, 0) is 52.6 Å². The molecule has 0 aromatic heterocycles. The SMILES string of the molecule is CNC(=O)C(C)(C)N1CCC[C@H]1C(=O)NCCN1CCCC1.